The molecule has 2 aromatic rings. The minimum absolute atomic E-state index is 0.0168. The number of fused-ring (bicyclic) bond motifs is 2. The van der Waals surface area contributed by atoms with Crippen molar-refractivity contribution in [3.05, 3.63) is 53.6 Å². The van der Waals surface area contributed by atoms with Gasteiger partial charge in [0.1, 0.15) is 5.60 Å². The lowest BCUT2D eigenvalue weighted by molar-refractivity contribution is 0.0584. The van der Waals surface area contributed by atoms with Crippen LogP contribution in [0.25, 0.3) is 0 Å². The summed E-state index contributed by atoms with van der Waals surface area (Å²) in [4.78, 5) is 31.6. The standard InChI is InChI=1S/C27H34N4O3/c1-27(2,3)34-26(33)31-17-11-20-18-22(8-9-24(20)31)29-14-12-21(13-15-29)30-16-10-19-6-4-5-7-23(19)28-25(30)32/h4-9,18,21H,10-17H2,1-3H3,(H,28,32). The number of ether oxygens (including phenoxy) is 1. The lowest BCUT2D eigenvalue weighted by Gasteiger charge is -2.39. The zero-order chi connectivity index (χ0) is 23.9. The van der Waals surface area contributed by atoms with Gasteiger partial charge in [-0.3, -0.25) is 4.90 Å². The summed E-state index contributed by atoms with van der Waals surface area (Å²) in [7, 11) is 0. The molecule has 0 aromatic heterocycles. The molecule has 180 valence electrons. The molecule has 3 aliphatic rings. The van der Waals surface area contributed by atoms with Crippen molar-refractivity contribution in [2.75, 3.05) is 41.3 Å². The van der Waals surface area contributed by atoms with Crippen LogP contribution >= 0.6 is 0 Å². The van der Waals surface area contributed by atoms with E-state index in [1.165, 1.54) is 16.8 Å². The molecule has 0 aliphatic carbocycles. The van der Waals surface area contributed by atoms with E-state index in [1.54, 1.807) is 4.90 Å². The van der Waals surface area contributed by atoms with Crippen molar-refractivity contribution in [1.82, 2.24) is 4.90 Å². The summed E-state index contributed by atoms with van der Waals surface area (Å²) in [6.45, 7) is 8.91. The first kappa shape index (κ1) is 22.6. The predicted octanol–water partition coefficient (Wildman–Crippen LogP) is 5.04. The number of benzene rings is 2. The van der Waals surface area contributed by atoms with Gasteiger partial charge in [0.25, 0.3) is 0 Å². The molecule has 1 saturated heterocycles. The van der Waals surface area contributed by atoms with Crippen LogP contribution in [0.4, 0.5) is 26.7 Å². The third-order valence-corrected chi connectivity index (χ3v) is 6.98. The number of piperidine rings is 1. The average molecular weight is 463 g/mol. The molecule has 0 unspecified atom stereocenters. The van der Waals surface area contributed by atoms with Gasteiger partial charge in [-0.1, -0.05) is 18.2 Å². The summed E-state index contributed by atoms with van der Waals surface area (Å²) in [6, 6.07) is 14.7. The van der Waals surface area contributed by atoms with Crippen LogP contribution in [0, 0.1) is 0 Å². The fraction of sp³-hybridized carbons (Fsp3) is 0.481. The van der Waals surface area contributed by atoms with Gasteiger partial charge in [0.05, 0.1) is 5.69 Å². The molecule has 1 fully saturated rings. The minimum Gasteiger partial charge on any atom is -0.443 e. The van der Waals surface area contributed by atoms with Crippen LogP contribution in [-0.2, 0) is 17.6 Å². The number of para-hydroxylation sites is 1. The first-order valence-electron chi connectivity index (χ1n) is 12.3. The lowest BCUT2D eigenvalue weighted by Crippen LogP contribution is -2.48. The van der Waals surface area contributed by atoms with Crippen LogP contribution in [0.2, 0.25) is 0 Å². The molecular formula is C27H34N4O3. The molecule has 2 aromatic carbocycles. The molecule has 7 nitrogen and oxygen atoms in total. The molecule has 3 aliphatic heterocycles. The molecule has 0 atom stereocenters. The highest BCUT2D eigenvalue weighted by Gasteiger charge is 2.32. The summed E-state index contributed by atoms with van der Waals surface area (Å²) in [5.41, 5.74) is 4.97. The maximum absolute atomic E-state index is 12.9. The topological polar surface area (TPSA) is 65.1 Å². The van der Waals surface area contributed by atoms with Gasteiger partial charge in [-0.05, 0) is 81.8 Å². The Bertz CT molecular complexity index is 1090. The highest BCUT2D eigenvalue weighted by Crippen LogP contribution is 2.34. The molecule has 3 amide bonds. The maximum Gasteiger partial charge on any atom is 0.414 e. The molecule has 0 bridgehead atoms. The Balaban J connectivity index is 1.21. The molecular weight excluding hydrogens is 428 g/mol. The van der Waals surface area contributed by atoms with E-state index >= 15 is 0 Å². The molecule has 0 spiro atoms. The average Bonchev–Trinajstić information content (AvgIpc) is 3.15. The third kappa shape index (κ3) is 4.56. The SMILES string of the molecule is CC(C)(C)OC(=O)N1CCc2cc(N3CCC(N4CCc5ccccc5NC4=O)CC3)ccc21. The largest absolute Gasteiger partial charge is 0.443 e. The lowest BCUT2D eigenvalue weighted by atomic mass is 10.0. The number of nitrogens with one attached hydrogen (secondary N) is 1. The van der Waals surface area contributed by atoms with Gasteiger partial charge in [-0.25, -0.2) is 9.59 Å². The number of hydrogen-bond acceptors (Lipinski definition) is 4. The minimum atomic E-state index is -0.503. The molecule has 7 heteroatoms. The Hall–Kier alpha value is -3.22. The van der Waals surface area contributed by atoms with Crippen molar-refractivity contribution in [3.8, 4) is 0 Å². The second kappa shape index (κ2) is 8.85. The maximum atomic E-state index is 12.9. The fourth-order valence-electron chi connectivity index (χ4n) is 5.27. The molecule has 0 radical (unpaired) electrons. The van der Waals surface area contributed by atoms with Crippen LogP contribution < -0.4 is 15.1 Å². The Morgan fingerprint density at radius 3 is 2.47 bits per heavy atom. The summed E-state index contributed by atoms with van der Waals surface area (Å²) >= 11 is 0. The van der Waals surface area contributed by atoms with Crippen molar-refractivity contribution in [3.63, 3.8) is 0 Å². The Morgan fingerprint density at radius 2 is 1.71 bits per heavy atom. The van der Waals surface area contributed by atoms with Crippen LogP contribution in [0.3, 0.4) is 0 Å². The Labute approximate surface area is 201 Å². The van der Waals surface area contributed by atoms with Crippen LogP contribution in [0.5, 0.6) is 0 Å². The van der Waals surface area contributed by atoms with Gasteiger partial charge in [0.15, 0.2) is 0 Å². The van der Waals surface area contributed by atoms with Crippen LogP contribution in [-0.4, -0.2) is 54.8 Å². The number of anilines is 3. The van der Waals surface area contributed by atoms with E-state index in [1.807, 2.05) is 49.9 Å². The molecule has 0 saturated carbocycles. The summed E-state index contributed by atoms with van der Waals surface area (Å²) in [5, 5.41) is 3.10. The van der Waals surface area contributed by atoms with Gasteiger partial charge in [-0.15, -0.1) is 0 Å². The second-order valence-electron chi connectivity index (χ2n) is 10.4. The zero-order valence-electron chi connectivity index (χ0n) is 20.3. The van der Waals surface area contributed by atoms with E-state index in [-0.39, 0.29) is 18.2 Å². The van der Waals surface area contributed by atoms with E-state index < -0.39 is 5.60 Å². The molecule has 34 heavy (non-hydrogen) atoms. The van der Waals surface area contributed by atoms with Crippen molar-refractivity contribution < 1.29 is 14.3 Å². The van der Waals surface area contributed by atoms with E-state index in [0.717, 1.165) is 56.7 Å². The molecule has 3 heterocycles. The van der Waals surface area contributed by atoms with Gasteiger partial charge in [0, 0.05) is 43.6 Å². The molecule has 5 rings (SSSR count). The quantitative estimate of drug-likeness (QED) is 0.679. The van der Waals surface area contributed by atoms with Crippen molar-refractivity contribution in [1.29, 1.82) is 0 Å². The smallest absolute Gasteiger partial charge is 0.414 e. The normalized spacial score (nSPS) is 18.8. The van der Waals surface area contributed by atoms with E-state index in [2.05, 4.69) is 28.4 Å². The third-order valence-electron chi connectivity index (χ3n) is 6.98. The van der Waals surface area contributed by atoms with E-state index in [4.69, 9.17) is 4.74 Å². The number of carbonyl (C=O) groups excluding carboxylic acids is 2. The number of rotatable bonds is 2. The summed E-state index contributed by atoms with van der Waals surface area (Å²) in [6.07, 6.45) is 3.34. The van der Waals surface area contributed by atoms with Crippen molar-refractivity contribution >= 4 is 29.2 Å². The van der Waals surface area contributed by atoms with Crippen molar-refractivity contribution in [2.24, 2.45) is 0 Å². The van der Waals surface area contributed by atoms with Crippen LogP contribution in [0.15, 0.2) is 42.5 Å². The van der Waals surface area contributed by atoms with Gasteiger partial charge < -0.3 is 19.9 Å². The molecule has 1 N–H and O–H groups in total. The summed E-state index contributed by atoms with van der Waals surface area (Å²) < 4.78 is 5.57. The van der Waals surface area contributed by atoms with Gasteiger partial charge in [-0.2, -0.15) is 0 Å². The highest BCUT2D eigenvalue weighted by atomic mass is 16.6. The first-order chi connectivity index (χ1) is 16.3. The second-order valence-corrected chi connectivity index (χ2v) is 10.4. The van der Waals surface area contributed by atoms with E-state index in [9.17, 15) is 9.59 Å². The predicted molar refractivity (Wildman–Crippen MR) is 135 cm³/mol. The Kier molecular flexibility index (Phi) is 5.88. The number of hydrogen-bond donors (Lipinski definition) is 1. The summed E-state index contributed by atoms with van der Waals surface area (Å²) in [5.74, 6) is 0. The number of amides is 3. The van der Waals surface area contributed by atoms with Gasteiger partial charge in [0.2, 0.25) is 0 Å². The monoisotopic (exact) mass is 462 g/mol. The first-order valence-corrected chi connectivity index (χ1v) is 12.3. The Morgan fingerprint density at radius 1 is 0.971 bits per heavy atom. The zero-order valence-corrected chi connectivity index (χ0v) is 20.3. The number of urea groups is 1. The van der Waals surface area contributed by atoms with E-state index in [0.29, 0.717) is 6.54 Å². The van der Waals surface area contributed by atoms with Crippen molar-refractivity contribution in [2.45, 2.75) is 58.1 Å². The van der Waals surface area contributed by atoms with Crippen LogP contribution in [0.1, 0.15) is 44.7 Å². The van der Waals surface area contributed by atoms with Gasteiger partial charge >= 0.3 is 12.1 Å². The number of nitrogens with zero attached hydrogens (tertiary/aromatic N) is 3. The number of carbonyl (C=O) groups is 2. The fourth-order valence-corrected chi connectivity index (χ4v) is 5.27. The highest BCUT2D eigenvalue weighted by molar-refractivity contribution is 5.92.